The van der Waals surface area contributed by atoms with Gasteiger partial charge < -0.3 is 80.9 Å². The van der Waals surface area contributed by atoms with Crippen LogP contribution in [-0.2, 0) is 60.7 Å². The number of nitrogens with two attached hydrogens (primary N) is 1. The zero-order valence-electron chi connectivity index (χ0n) is 47.7. The van der Waals surface area contributed by atoms with E-state index in [0.29, 0.717) is 32.2 Å². The Labute approximate surface area is 476 Å². The van der Waals surface area contributed by atoms with E-state index in [-0.39, 0.29) is 60.2 Å². The number of aliphatic hydroxyl groups is 3. The van der Waals surface area contributed by atoms with E-state index in [1.165, 1.54) is 55.4 Å². The number of alkyl carbamates (subject to hydrolysis) is 1. The molecule has 5 rings (SSSR count). The van der Waals surface area contributed by atoms with E-state index in [1.807, 2.05) is 49.6 Å². The minimum atomic E-state index is -1.97. The number of rotatable bonds is 28. The number of aliphatic hydroxyl groups excluding tert-OH is 3. The number of carboxylic acids is 1. The maximum atomic E-state index is 14.7. The van der Waals surface area contributed by atoms with Crippen LogP contribution in [0.15, 0.2) is 60.1 Å². The summed E-state index contributed by atoms with van der Waals surface area (Å²) in [5, 5.41) is 54.2. The number of nitrogens with one attached hydrogen (secondary N) is 4. The predicted molar refractivity (Wildman–Crippen MR) is 297 cm³/mol. The molecule has 24 nitrogen and oxygen atoms in total. The summed E-state index contributed by atoms with van der Waals surface area (Å²) in [7, 11) is 4.64. The monoisotopic (exact) mass is 1150 g/mol. The van der Waals surface area contributed by atoms with Gasteiger partial charge in [-0.3, -0.25) is 24.0 Å². The quantitative estimate of drug-likeness (QED) is 0.0505. The van der Waals surface area contributed by atoms with Crippen LogP contribution in [0.4, 0.5) is 10.5 Å². The van der Waals surface area contributed by atoms with Crippen molar-refractivity contribution in [3.05, 3.63) is 76.2 Å². The highest BCUT2D eigenvalue weighted by atomic mass is 32.1. The van der Waals surface area contributed by atoms with Crippen LogP contribution in [0, 0.1) is 17.8 Å². The third-order valence-corrected chi connectivity index (χ3v) is 15.8. The lowest BCUT2D eigenvalue weighted by Crippen LogP contribution is -2.62. The van der Waals surface area contributed by atoms with Crippen LogP contribution >= 0.6 is 11.3 Å². The van der Waals surface area contributed by atoms with Gasteiger partial charge in [0.2, 0.25) is 35.8 Å². The molecule has 25 heteroatoms. The van der Waals surface area contributed by atoms with E-state index in [1.54, 1.807) is 46.0 Å². The van der Waals surface area contributed by atoms with E-state index < -0.39 is 115 Å². The number of methoxy groups -OCH3 is 2. The molecular weight excluding hydrogens is 1070 g/mol. The molecule has 0 spiro atoms. The maximum Gasteiger partial charge on any atom is 0.408 e. The van der Waals surface area contributed by atoms with Crippen LogP contribution in [0.2, 0.25) is 0 Å². The predicted octanol–water partition coefficient (Wildman–Crippen LogP) is 2.87. The number of thiazole rings is 1. The van der Waals surface area contributed by atoms with Gasteiger partial charge in [0.25, 0.3) is 0 Å². The van der Waals surface area contributed by atoms with Crippen LogP contribution in [0.3, 0.4) is 0 Å². The average Bonchev–Trinajstić information content (AvgIpc) is 4.22. The smallest absolute Gasteiger partial charge is 0.408 e. The topological polar surface area (TPSA) is 340 Å². The summed E-state index contributed by atoms with van der Waals surface area (Å²) in [5.74, 6) is -5.25. The average molecular weight is 1160 g/mol. The van der Waals surface area contributed by atoms with Gasteiger partial charge in [0.1, 0.15) is 47.3 Å². The molecule has 448 valence electrons. The highest BCUT2D eigenvalue weighted by Crippen LogP contribution is 2.33. The third-order valence-electron chi connectivity index (χ3n) is 14.9. The first kappa shape index (κ1) is 65.5. The van der Waals surface area contributed by atoms with E-state index in [2.05, 4.69) is 26.3 Å². The number of nitrogens with zero attached hydrogens (tertiary/aromatic N) is 3. The van der Waals surface area contributed by atoms with Crippen molar-refractivity contribution in [1.29, 1.82) is 0 Å². The van der Waals surface area contributed by atoms with Crippen LogP contribution < -0.4 is 31.7 Å². The molecule has 6 amide bonds. The SMILES string of the molecule is CC[C@H](C)[C@@H]([C@@H](CC(=O)N1CCC[C@H]1[C@H](OC)[C@@H](C)C(=O)N[C@@H](Cc1ccccc1)c1nccs1)OC)N(C)C(=O)[C@@H](NC(=O)C(C)(C)NC(=O)OCc1ccc(O[C@@H]2O[C@H](C(=O)O)[C@@H](O)[C@H](O)[C@H]2O)c(NC(=O)CCN)c1)C(C)C. The van der Waals surface area contributed by atoms with Gasteiger partial charge in [-0.2, -0.15) is 0 Å². The van der Waals surface area contributed by atoms with Crippen molar-refractivity contribution < 1.29 is 77.7 Å². The van der Waals surface area contributed by atoms with Gasteiger partial charge in [0, 0.05) is 52.4 Å². The van der Waals surface area contributed by atoms with Crippen LogP contribution in [0.1, 0.15) is 103 Å². The highest BCUT2D eigenvalue weighted by molar-refractivity contribution is 7.09. The molecule has 2 saturated heterocycles. The van der Waals surface area contributed by atoms with Gasteiger partial charge in [-0.15, -0.1) is 11.3 Å². The summed E-state index contributed by atoms with van der Waals surface area (Å²) < 4.78 is 28.5. The first-order chi connectivity index (χ1) is 38.4. The Morgan fingerprint density at radius 2 is 1.65 bits per heavy atom. The first-order valence-electron chi connectivity index (χ1n) is 27.2. The normalized spacial score (nSPS) is 21.8. The van der Waals surface area contributed by atoms with Gasteiger partial charge in [0.05, 0.1) is 48.4 Å². The minimum Gasteiger partial charge on any atom is -0.479 e. The van der Waals surface area contributed by atoms with Gasteiger partial charge >= 0.3 is 12.1 Å². The summed E-state index contributed by atoms with van der Waals surface area (Å²) in [6.45, 7) is 12.1. The number of hydrogen-bond acceptors (Lipinski definition) is 18. The number of carbonyl (C=O) groups excluding carboxylic acids is 6. The Kier molecular flexibility index (Phi) is 24.4. The number of likely N-dealkylation sites (N-methyl/N-ethyl adjacent to an activating group) is 1. The van der Waals surface area contributed by atoms with Crippen molar-refractivity contribution in [1.82, 2.24) is 30.7 Å². The fraction of sp³-hybridized carbons (Fsp3) is 0.607. The third kappa shape index (κ3) is 17.1. The van der Waals surface area contributed by atoms with Crippen LogP contribution in [-0.4, -0.2) is 178 Å². The Morgan fingerprint density at radius 1 is 0.951 bits per heavy atom. The van der Waals surface area contributed by atoms with Gasteiger partial charge in [-0.1, -0.05) is 77.4 Å². The molecule has 0 saturated carbocycles. The number of aliphatic carboxylic acids is 1. The summed E-state index contributed by atoms with van der Waals surface area (Å²) in [6, 6.07) is 11.4. The van der Waals surface area contributed by atoms with E-state index in [4.69, 9.17) is 29.4 Å². The number of hydrogen-bond donors (Lipinski definition) is 9. The summed E-state index contributed by atoms with van der Waals surface area (Å²) in [4.78, 5) is 103. The van der Waals surface area contributed by atoms with Crippen molar-refractivity contribution in [2.75, 3.05) is 39.7 Å². The molecular formula is C56H82N8O16S. The van der Waals surface area contributed by atoms with E-state index >= 15 is 0 Å². The van der Waals surface area contributed by atoms with Gasteiger partial charge in [-0.25, -0.2) is 14.6 Å². The molecule has 0 bridgehead atoms. The molecule has 10 N–H and O–H groups in total. The van der Waals surface area contributed by atoms with Crippen LogP contribution in [0.5, 0.6) is 5.75 Å². The van der Waals surface area contributed by atoms with Crippen molar-refractivity contribution in [3.8, 4) is 5.75 Å². The van der Waals surface area contributed by atoms with E-state index in [0.717, 1.165) is 10.6 Å². The lowest BCUT2D eigenvalue weighted by Gasteiger charge is -2.41. The molecule has 2 fully saturated rings. The molecule has 81 heavy (non-hydrogen) atoms. The molecule has 0 aliphatic carbocycles. The number of amides is 6. The second-order valence-electron chi connectivity index (χ2n) is 21.5. The number of carbonyl (C=O) groups is 7. The number of carboxylic acid groups (broad SMARTS) is 1. The largest absolute Gasteiger partial charge is 0.479 e. The molecule has 1 aromatic heterocycles. The molecule has 2 aromatic carbocycles. The minimum absolute atomic E-state index is 0.0188. The standard InChI is InChI=1S/C56H82N8O16S/c1-11-31(4)43(39(76-9)28-41(66)64-24-15-18-37(64)47(77-10)32(5)49(70)60-36(50-58-23-25-81-50)26-33-16-13-12-14-17-33)63(8)51(71)42(30(2)3)61-54(74)56(6,7)62-55(75)78-29-34-19-20-38(35(27-34)59-40(65)21-22-57)79-53-46(69)44(67)45(68)48(80-53)52(72)73/h12-14,16-17,19-20,23,25,27,30-32,36-37,39,42-48,53,67-69H,11,15,18,21-22,24,26,28-29,57H2,1-10H3,(H,59,65)(H,60,70)(H,61,74)(H,62,75)(H,72,73)/t31-,32+,36-,37-,39+,42-,43-,44-,45-,46+,47+,48-,53+/m0/s1. The van der Waals surface area contributed by atoms with Crippen molar-refractivity contribution >= 4 is 58.6 Å². The van der Waals surface area contributed by atoms with Gasteiger partial charge in [0.15, 0.2) is 6.10 Å². The highest BCUT2D eigenvalue weighted by Gasteiger charge is 2.49. The zero-order valence-corrected chi connectivity index (χ0v) is 48.6. The Bertz CT molecular complexity index is 2580. The van der Waals surface area contributed by atoms with Crippen molar-refractivity contribution in [2.45, 2.75) is 166 Å². The number of benzene rings is 2. The molecule has 2 aliphatic heterocycles. The molecule has 3 aromatic rings. The maximum absolute atomic E-state index is 14.7. The van der Waals surface area contributed by atoms with Crippen molar-refractivity contribution in [2.24, 2.45) is 23.5 Å². The lowest BCUT2D eigenvalue weighted by atomic mass is 9.89. The molecule has 3 heterocycles. The molecule has 2 aliphatic rings. The number of aromatic nitrogens is 1. The summed E-state index contributed by atoms with van der Waals surface area (Å²) in [6.07, 6.45) is -8.09. The number of ether oxygens (including phenoxy) is 5. The van der Waals surface area contributed by atoms with E-state index in [9.17, 15) is 54.0 Å². The fourth-order valence-electron chi connectivity index (χ4n) is 10.1. The summed E-state index contributed by atoms with van der Waals surface area (Å²) >= 11 is 1.46. The van der Waals surface area contributed by atoms with Gasteiger partial charge in [-0.05, 0) is 68.2 Å². The lowest BCUT2D eigenvalue weighted by molar-refractivity contribution is -0.271. The van der Waals surface area contributed by atoms with Crippen LogP contribution in [0.25, 0.3) is 0 Å². The number of likely N-dealkylation sites (tertiary alicyclic amines) is 1. The zero-order chi connectivity index (χ0) is 59.9. The fourth-order valence-corrected chi connectivity index (χ4v) is 10.8. The van der Waals surface area contributed by atoms with Crippen molar-refractivity contribution in [3.63, 3.8) is 0 Å². The second-order valence-corrected chi connectivity index (χ2v) is 22.4. The summed E-state index contributed by atoms with van der Waals surface area (Å²) in [5.41, 5.74) is 5.20. The Balaban J connectivity index is 1.23. The first-order valence-corrected chi connectivity index (χ1v) is 28.1. The molecule has 0 unspecified atom stereocenters. The Morgan fingerprint density at radius 3 is 2.26 bits per heavy atom. The second kappa shape index (κ2) is 30.1. The molecule has 0 radical (unpaired) electrons. The molecule has 13 atom stereocenters. The number of anilines is 1. The Hall–Kier alpha value is -6.32.